The van der Waals surface area contributed by atoms with E-state index in [4.69, 9.17) is 5.11 Å². The van der Waals surface area contributed by atoms with E-state index in [1.807, 2.05) is 24.3 Å². The average Bonchev–Trinajstić information content (AvgIpc) is 2.29. The summed E-state index contributed by atoms with van der Waals surface area (Å²) >= 11 is 0. The normalized spacial score (nSPS) is 9.12. The Balaban J connectivity index is 0.000000386. The van der Waals surface area contributed by atoms with Gasteiger partial charge in [0, 0.05) is 11.6 Å². The van der Waals surface area contributed by atoms with E-state index < -0.39 is 13.8 Å². The Kier molecular flexibility index (Phi) is 4.38. The molecule has 0 saturated heterocycles. The summed E-state index contributed by atoms with van der Waals surface area (Å²) < 4.78 is 19.0. The maximum Gasteiger partial charge on any atom is 0.577 e. The Hall–Kier alpha value is -1.98. The van der Waals surface area contributed by atoms with E-state index in [2.05, 4.69) is 4.98 Å². The van der Waals surface area contributed by atoms with Crippen LogP contribution >= 0.6 is 0 Å². The summed E-state index contributed by atoms with van der Waals surface area (Å²) in [7, 11) is -1.00. The summed E-state index contributed by atoms with van der Waals surface area (Å²) in [6.07, 6.45) is 1.37. The van der Waals surface area contributed by atoms with Crippen molar-refractivity contribution in [3.63, 3.8) is 0 Å². The highest BCUT2D eigenvalue weighted by Gasteiger charge is 2.03. The van der Waals surface area contributed by atoms with E-state index in [-0.39, 0.29) is 5.56 Å². The Morgan fingerprint density at radius 2 is 1.94 bits per heavy atom. The number of aromatic carboxylic acids is 1. The van der Waals surface area contributed by atoms with Gasteiger partial charge in [-0.1, -0.05) is 18.2 Å². The minimum absolute atomic E-state index is 0.221. The summed E-state index contributed by atoms with van der Waals surface area (Å²) in [6.45, 7) is 0. The first-order valence-electron chi connectivity index (χ1n) is 4.29. The van der Waals surface area contributed by atoms with Gasteiger partial charge in [0.25, 0.3) is 0 Å². The predicted molar refractivity (Wildman–Crippen MR) is 56.7 cm³/mol. The van der Waals surface area contributed by atoms with Gasteiger partial charge >= 0.3 is 13.8 Å². The molecule has 0 amide bonds. The van der Waals surface area contributed by atoms with E-state index in [0.717, 1.165) is 10.9 Å². The number of benzene rings is 1. The van der Waals surface area contributed by atoms with Gasteiger partial charge in [-0.3, -0.25) is 13.6 Å². The lowest BCUT2D eigenvalue weighted by Gasteiger charge is -1.97. The van der Waals surface area contributed by atoms with Crippen LogP contribution in [0.15, 0.2) is 36.5 Å². The highest BCUT2D eigenvalue weighted by atomic mass is 19.2. The molecule has 1 radical (unpaired) electrons. The largest absolute Gasteiger partial charge is 0.577 e. The summed E-state index contributed by atoms with van der Waals surface area (Å²) in [5.41, 5.74) is 1.03. The third kappa shape index (κ3) is 3.01. The molecule has 0 unspecified atom stereocenters. The zero-order valence-electron chi connectivity index (χ0n) is 8.10. The van der Waals surface area contributed by atoms with Gasteiger partial charge in [-0.25, -0.2) is 4.79 Å². The minimum Gasteiger partial charge on any atom is -0.478 e. The maximum absolute atomic E-state index is 10.6. The molecule has 16 heavy (non-hydrogen) atoms. The second kappa shape index (κ2) is 5.80. The predicted octanol–water partition coefficient (Wildman–Crippen LogP) is 2.39. The number of fused-ring (bicyclic) bond motifs is 1. The summed E-state index contributed by atoms with van der Waals surface area (Å²) in [4.78, 5) is 14.6. The molecule has 0 aliphatic carbocycles. The number of nitrogens with zero attached hydrogens (tertiary/aromatic N) is 1. The first-order valence-corrected chi connectivity index (χ1v) is 4.29. The second-order valence-corrected chi connectivity index (χ2v) is 2.80. The lowest BCUT2D eigenvalue weighted by atomic mass is 10.2. The van der Waals surface area contributed by atoms with Crippen LogP contribution in [0, 0.1) is 0 Å². The van der Waals surface area contributed by atoms with Crippen LogP contribution in [0.4, 0.5) is 8.63 Å². The number of rotatable bonds is 1. The van der Waals surface area contributed by atoms with Crippen LogP contribution in [-0.2, 0) is 0 Å². The number of carboxylic acid groups (broad SMARTS) is 1. The molecule has 2 aromatic rings. The molecule has 1 N–H and O–H groups in total. The van der Waals surface area contributed by atoms with Crippen molar-refractivity contribution in [1.29, 1.82) is 0 Å². The Morgan fingerprint density at radius 1 is 1.31 bits per heavy atom. The van der Waals surface area contributed by atoms with Gasteiger partial charge in [0.2, 0.25) is 0 Å². The van der Waals surface area contributed by atoms with Gasteiger partial charge in [-0.2, -0.15) is 0 Å². The van der Waals surface area contributed by atoms with E-state index in [9.17, 15) is 13.4 Å². The van der Waals surface area contributed by atoms with Crippen LogP contribution in [0.2, 0.25) is 0 Å². The fourth-order valence-electron chi connectivity index (χ4n) is 1.19. The van der Waals surface area contributed by atoms with Crippen molar-refractivity contribution in [3.8, 4) is 0 Å². The molecule has 1 aromatic heterocycles. The van der Waals surface area contributed by atoms with Crippen molar-refractivity contribution in [2.75, 3.05) is 0 Å². The standard InChI is InChI=1S/C10H7NO2.BF2/c12-10(13)8-5-7-3-1-2-4-9(7)11-6-8;2-1-3/h1-6H,(H,12,13);. The van der Waals surface area contributed by atoms with Gasteiger partial charge in [-0.05, 0) is 12.1 Å². The van der Waals surface area contributed by atoms with Crippen LogP contribution < -0.4 is 0 Å². The number of hydrogen-bond donors (Lipinski definition) is 1. The zero-order chi connectivity index (χ0) is 12.0. The zero-order valence-corrected chi connectivity index (χ0v) is 8.10. The summed E-state index contributed by atoms with van der Waals surface area (Å²) in [5, 5.41) is 9.55. The Bertz CT molecular complexity index is 493. The quantitative estimate of drug-likeness (QED) is 0.753. The SMILES string of the molecule is F[B]F.O=C(O)c1cnc2ccccc2c1. The molecule has 0 fully saturated rings. The number of carbonyl (C=O) groups is 1. The maximum atomic E-state index is 10.6. The smallest absolute Gasteiger partial charge is 0.478 e. The topological polar surface area (TPSA) is 50.2 Å². The molecule has 1 aromatic carbocycles. The highest BCUT2D eigenvalue weighted by molar-refractivity contribution is 6.15. The molecule has 1 heterocycles. The van der Waals surface area contributed by atoms with Gasteiger partial charge in [0.15, 0.2) is 0 Å². The van der Waals surface area contributed by atoms with Crippen LogP contribution in [0.25, 0.3) is 10.9 Å². The summed E-state index contributed by atoms with van der Waals surface area (Å²) in [6, 6.07) is 9.03. The van der Waals surface area contributed by atoms with E-state index in [0.29, 0.717) is 0 Å². The monoisotopic (exact) mass is 222 g/mol. The minimum atomic E-state index is -1.00. The lowest BCUT2D eigenvalue weighted by Crippen LogP contribution is -1.96. The van der Waals surface area contributed by atoms with Crippen LogP contribution in [0.5, 0.6) is 0 Å². The number of hydrogen-bond acceptors (Lipinski definition) is 2. The molecular weight excluding hydrogens is 215 g/mol. The van der Waals surface area contributed by atoms with Crippen molar-refractivity contribution >= 4 is 24.7 Å². The Morgan fingerprint density at radius 3 is 2.56 bits per heavy atom. The van der Waals surface area contributed by atoms with Crippen LogP contribution in [0.1, 0.15) is 10.4 Å². The van der Waals surface area contributed by atoms with Crippen molar-refractivity contribution < 1.29 is 18.5 Å². The first kappa shape index (κ1) is 12.1. The van der Waals surface area contributed by atoms with E-state index in [1.165, 1.54) is 6.20 Å². The van der Waals surface area contributed by atoms with E-state index in [1.54, 1.807) is 6.07 Å². The van der Waals surface area contributed by atoms with Crippen LogP contribution in [0.3, 0.4) is 0 Å². The third-order valence-corrected chi connectivity index (χ3v) is 1.84. The molecule has 0 spiro atoms. The molecule has 81 valence electrons. The highest BCUT2D eigenvalue weighted by Crippen LogP contribution is 2.12. The van der Waals surface area contributed by atoms with Crippen molar-refractivity contribution in [1.82, 2.24) is 4.98 Å². The van der Waals surface area contributed by atoms with Gasteiger partial charge < -0.3 is 5.11 Å². The van der Waals surface area contributed by atoms with Crippen molar-refractivity contribution in [2.45, 2.75) is 0 Å². The molecule has 0 aliphatic heterocycles. The number of carboxylic acids is 1. The molecule has 0 saturated carbocycles. The lowest BCUT2D eigenvalue weighted by molar-refractivity contribution is 0.0696. The Labute approximate surface area is 91.1 Å². The molecule has 0 aliphatic rings. The molecule has 0 atom stereocenters. The van der Waals surface area contributed by atoms with Gasteiger partial charge in [0.05, 0.1) is 11.1 Å². The molecule has 3 nitrogen and oxygen atoms in total. The summed E-state index contributed by atoms with van der Waals surface area (Å²) in [5.74, 6) is -0.946. The fourth-order valence-corrected chi connectivity index (χ4v) is 1.19. The van der Waals surface area contributed by atoms with Gasteiger partial charge in [0.1, 0.15) is 0 Å². The molecular formula is C10H7BF2NO2. The second-order valence-electron chi connectivity index (χ2n) is 2.80. The van der Waals surface area contributed by atoms with Gasteiger partial charge in [-0.15, -0.1) is 0 Å². The van der Waals surface area contributed by atoms with Crippen molar-refractivity contribution in [2.24, 2.45) is 0 Å². The van der Waals surface area contributed by atoms with Crippen LogP contribution in [-0.4, -0.2) is 23.9 Å². The third-order valence-electron chi connectivity index (χ3n) is 1.84. The van der Waals surface area contributed by atoms with Crippen molar-refractivity contribution in [3.05, 3.63) is 42.1 Å². The average molecular weight is 222 g/mol. The fraction of sp³-hybridized carbons (Fsp3) is 0. The number of halogens is 2. The first-order chi connectivity index (χ1) is 7.69. The molecule has 2 rings (SSSR count). The number of para-hydroxylation sites is 1. The number of pyridine rings is 1. The number of aromatic nitrogens is 1. The molecule has 0 bridgehead atoms. The molecule has 6 heteroatoms. The van der Waals surface area contributed by atoms with E-state index >= 15 is 0 Å².